The Kier molecular flexibility index (Phi) is 7.47. The molecular weight excluding hydrogens is 366 g/mol. The molecule has 7 nitrogen and oxygen atoms in total. The Morgan fingerprint density at radius 1 is 1.14 bits per heavy atom. The summed E-state index contributed by atoms with van der Waals surface area (Å²) in [6.07, 6.45) is 2.48. The Hall–Kier alpha value is -3.06. The summed E-state index contributed by atoms with van der Waals surface area (Å²) in [5, 5.41) is 11.3. The third-order valence-corrected chi connectivity index (χ3v) is 4.48. The average Bonchev–Trinajstić information content (AvgIpc) is 3.35. The highest BCUT2D eigenvalue weighted by molar-refractivity contribution is 5.79. The number of aliphatic imine (C=N–C) groups is 1. The molecule has 3 rings (SSSR count). The summed E-state index contributed by atoms with van der Waals surface area (Å²) in [5.74, 6) is 1.69. The molecule has 154 valence electrons. The van der Waals surface area contributed by atoms with Gasteiger partial charge in [0.05, 0.1) is 30.8 Å². The second kappa shape index (κ2) is 10.5. The normalized spacial score (nSPS) is 11.6. The molecule has 0 saturated heterocycles. The molecule has 29 heavy (non-hydrogen) atoms. The van der Waals surface area contributed by atoms with Crippen molar-refractivity contribution in [2.75, 3.05) is 26.8 Å². The van der Waals surface area contributed by atoms with Crippen molar-refractivity contribution in [2.24, 2.45) is 4.99 Å². The van der Waals surface area contributed by atoms with Gasteiger partial charge in [-0.3, -0.25) is 0 Å². The van der Waals surface area contributed by atoms with E-state index < -0.39 is 0 Å². The molecule has 3 aromatic rings. The first kappa shape index (κ1) is 20.7. The number of methoxy groups -OCH3 is 1. The maximum absolute atomic E-state index is 5.39. The first-order valence-electron chi connectivity index (χ1n) is 9.82. The number of furan rings is 1. The van der Waals surface area contributed by atoms with E-state index in [1.807, 2.05) is 35.9 Å². The summed E-state index contributed by atoms with van der Waals surface area (Å²) < 4.78 is 12.5. The molecule has 7 heteroatoms. The number of nitrogens with one attached hydrogen (secondary N) is 2. The number of hydrogen-bond acceptors (Lipinski definition) is 4. The van der Waals surface area contributed by atoms with Crippen molar-refractivity contribution in [2.45, 2.75) is 26.8 Å². The molecule has 0 amide bonds. The number of nitrogens with zero attached hydrogens (tertiary/aromatic N) is 3. The molecule has 0 aliphatic heterocycles. The maximum Gasteiger partial charge on any atom is 0.191 e. The van der Waals surface area contributed by atoms with Gasteiger partial charge in [-0.05, 0) is 43.7 Å². The van der Waals surface area contributed by atoms with E-state index in [1.165, 1.54) is 0 Å². The van der Waals surface area contributed by atoms with Gasteiger partial charge in [-0.25, -0.2) is 9.67 Å². The molecule has 0 saturated carbocycles. The Labute approximate surface area is 171 Å². The van der Waals surface area contributed by atoms with Crippen LogP contribution in [0.2, 0.25) is 0 Å². The molecule has 0 fully saturated rings. The summed E-state index contributed by atoms with van der Waals surface area (Å²) >= 11 is 0. The van der Waals surface area contributed by atoms with Crippen LogP contribution in [0.1, 0.15) is 22.7 Å². The zero-order chi connectivity index (χ0) is 20.5. The van der Waals surface area contributed by atoms with Gasteiger partial charge in [-0.2, -0.15) is 5.10 Å². The van der Waals surface area contributed by atoms with Crippen LogP contribution in [-0.2, 0) is 17.7 Å². The highest BCUT2D eigenvalue weighted by Crippen LogP contribution is 2.17. The van der Waals surface area contributed by atoms with E-state index in [-0.39, 0.29) is 0 Å². The van der Waals surface area contributed by atoms with Gasteiger partial charge in [0.15, 0.2) is 5.96 Å². The highest BCUT2D eigenvalue weighted by atomic mass is 16.5. The van der Waals surface area contributed by atoms with Crippen molar-refractivity contribution in [3.05, 3.63) is 71.4 Å². The lowest BCUT2D eigenvalue weighted by molar-refractivity contribution is 0.203. The number of para-hydroxylation sites is 1. The second-order valence-electron chi connectivity index (χ2n) is 6.81. The van der Waals surface area contributed by atoms with Crippen LogP contribution in [0.3, 0.4) is 0 Å². The molecule has 2 aromatic heterocycles. The number of benzene rings is 1. The standard InChI is InChI=1S/C22H29N5O2/c1-17-15-18(2)27(26-17)21-9-5-4-7-19(21)16-25-22(24-12-14-28-3)23-11-10-20-8-6-13-29-20/h4-9,13,15H,10-12,14,16H2,1-3H3,(H2,23,24,25). The summed E-state index contributed by atoms with van der Waals surface area (Å²) in [5.41, 5.74) is 4.27. The van der Waals surface area contributed by atoms with Crippen LogP contribution in [0, 0.1) is 13.8 Å². The molecule has 2 N–H and O–H groups in total. The highest BCUT2D eigenvalue weighted by Gasteiger charge is 2.09. The van der Waals surface area contributed by atoms with E-state index in [0.29, 0.717) is 19.7 Å². The number of ether oxygens (including phenoxy) is 1. The minimum absolute atomic E-state index is 0.539. The Morgan fingerprint density at radius 2 is 1.97 bits per heavy atom. The number of aromatic nitrogens is 2. The van der Waals surface area contributed by atoms with E-state index in [0.717, 1.165) is 47.3 Å². The van der Waals surface area contributed by atoms with Gasteiger partial charge in [-0.15, -0.1) is 0 Å². The molecule has 0 aliphatic rings. The van der Waals surface area contributed by atoms with Gasteiger partial charge in [-0.1, -0.05) is 18.2 Å². The van der Waals surface area contributed by atoms with E-state index in [9.17, 15) is 0 Å². The number of hydrogen-bond donors (Lipinski definition) is 2. The lowest BCUT2D eigenvalue weighted by atomic mass is 10.2. The first-order valence-corrected chi connectivity index (χ1v) is 9.82. The van der Waals surface area contributed by atoms with Crippen molar-refractivity contribution >= 4 is 5.96 Å². The van der Waals surface area contributed by atoms with Crippen LogP contribution in [-0.4, -0.2) is 42.5 Å². The molecule has 1 aromatic carbocycles. The molecule has 0 bridgehead atoms. The van der Waals surface area contributed by atoms with Crippen LogP contribution in [0.25, 0.3) is 5.69 Å². The summed E-state index contributed by atoms with van der Waals surface area (Å²) in [6, 6.07) is 14.2. The van der Waals surface area contributed by atoms with E-state index >= 15 is 0 Å². The van der Waals surface area contributed by atoms with Crippen molar-refractivity contribution in [3.63, 3.8) is 0 Å². The maximum atomic E-state index is 5.39. The van der Waals surface area contributed by atoms with Crippen LogP contribution >= 0.6 is 0 Å². The second-order valence-corrected chi connectivity index (χ2v) is 6.81. The molecule has 0 atom stereocenters. The summed E-state index contributed by atoms with van der Waals surface area (Å²) in [6.45, 7) is 6.63. The third-order valence-electron chi connectivity index (χ3n) is 4.48. The van der Waals surface area contributed by atoms with Gasteiger partial charge in [0, 0.05) is 32.3 Å². The SMILES string of the molecule is COCCNC(=NCc1ccccc1-n1nc(C)cc1C)NCCc1ccco1. The van der Waals surface area contributed by atoms with Crippen molar-refractivity contribution in [1.29, 1.82) is 0 Å². The minimum Gasteiger partial charge on any atom is -0.469 e. The molecule has 0 radical (unpaired) electrons. The van der Waals surface area contributed by atoms with Gasteiger partial charge in [0.1, 0.15) is 5.76 Å². The molecule has 0 unspecified atom stereocenters. The number of guanidine groups is 1. The van der Waals surface area contributed by atoms with Gasteiger partial charge in [0.25, 0.3) is 0 Å². The van der Waals surface area contributed by atoms with E-state index in [2.05, 4.69) is 40.9 Å². The molecule has 0 spiro atoms. The van der Waals surface area contributed by atoms with Crippen LogP contribution in [0.4, 0.5) is 0 Å². The van der Waals surface area contributed by atoms with Crippen molar-refractivity contribution in [1.82, 2.24) is 20.4 Å². The quantitative estimate of drug-likeness (QED) is 0.331. The van der Waals surface area contributed by atoms with Gasteiger partial charge < -0.3 is 19.8 Å². The fraction of sp³-hybridized carbons (Fsp3) is 0.364. The zero-order valence-corrected chi connectivity index (χ0v) is 17.3. The summed E-state index contributed by atoms with van der Waals surface area (Å²) in [4.78, 5) is 4.77. The number of rotatable bonds is 9. The smallest absolute Gasteiger partial charge is 0.191 e. The van der Waals surface area contributed by atoms with E-state index in [1.54, 1.807) is 13.4 Å². The number of aryl methyl sites for hydroxylation is 2. The molecular formula is C22H29N5O2. The Balaban J connectivity index is 1.71. The first-order chi connectivity index (χ1) is 14.2. The molecule has 0 aliphatic carbocycles. The zero-order valence-electron chi connectivity index (χ0n) is 17.3. The predicted molar refractivity (Wildman–Crippen MR) is 114 cm³/mol. The van der Waals surface area contributed by atoms with Crippen molar-refractivity contribution in [3.8, 4) is 5.69 Å². The Morgan fingerprint density at radius 3 is 2.69 bits per heavy atom. The van der Waals surface area contributed by atoms with Crippen molar-refractivity contribution < 1.29 is 9.15 Å². The third kappa shape index (κ3) is 5.96. The van der Waals surface area contributed by atoms with E-state index in [4.69, 9.17) is 14.1 Å². The largest absolute Gasteiger partial charge is 0.469 e. The minimum atomic E-state index is 0.539. The summed E-state index contributed by atoms with van der Waals surface area (Å²) in [7, 11) is 1.69. The lowest BCUT2D eigenvalue weighted by Gasteiger charge is -2.13. The van der Waals surface area contributed by atoms with Crippen LogP contribution in [0.5, 0.6) is 0 Å². The predicted octanol–water partition coefficient (Wildman–Crippen LogP) is 3.01. The van der Waals surface area contributed by atoms with Gasteiger partial charge >= 0.3 is 0 Å². The monoisotopic (exact) mass is 395 g/mol. The topological polar surface area (TPSA) is 76.6 Å². The van der Waals surface area contributed by atoms with Crippen LogP contribution in [0.15, 0.2) is 58.1 Å². The van der Waals surface area contributed by atoms with Crippen LogP contribution < -0.4 is 10.6 Å². The van der Waals surface area contributed by atoms with Gasteiger partial charge in [0.2, 0.25) is 0 Å². The Bertz CT molecular complexity index is 915. The molecule has 2 heterocycles. The average molecular weight is 396 g/mol. The fourth-order valence-corrected chi connectivity index (χ4v) is 3.09. The fourth-order valence-electron chi connectivity index (χ4n) is 3.09. The lowest BCUT2D eigenvalue weighted by Crippen LogP contribution is -2.40.